The molecule has 1 aromatic rings. The lowest BCUT2D eigenvalue weighted by molar-refractivity contribution is -0.00670. The van der Waals surface area contributed by atoms with Crippen LogP contribution in [0.1, 0.15) is 29.2 Å². The van der Waals surface area contributed by atoms with Crippen molar-refractivity contribution in [1.29, 1.82) is 0 Å². The van der Waals surface area contributed by atoms with Crippen LogP contribution in [0.15, 0.2) is 21.3 Å². The molecule has 1 amide bonds. The SMILES string of the molecule is Cc1cc(=O)cc(C(=O)NCC2(N(C)C)CCOCC2)o1. The Balaban J connectivity index is 2.06. The molecule has 6 nitrogen and oxygen atoms in total. The highest BCUT2D eigenvalue weighted by Gasteiger charge is 2.35. The number of nitrogens with one attached hydrogen (secondary N) is 1. The second kappa shape index (κ2) is 6.41. The fourth-order valence-electron chi connectivity index (χ4n) is 2.58. The number of aryl methyl sites for hydroxylation is 1. The number of nitrogens with zero attached hydrogens (tertiary/aromatic N) is 1. The predicted molar refractivity (Wildman–Crippen MR) is 78.5 cm³/mol. The Bertz CT molecular complexity index is 559. The van der Waals surface area contributed by atoms with Gasteiger partial charge in [-0.2, -0.15) is 0 Å². The number of carbonyl (C=O) groups excluding carboxylic acids is 1. The molecule has 0 spiro atoms. The first-order chi connectivity index (χ1) is 9.93. The molecule has 2 rings (SSSR count). The van der Waals surface area contributed by atoms with Crippen molar-refractivity contribution in [1.82, 2.24) is 10.2 Å². The summed E-state index contributed by atoms with van der Waals surface area (Å²) < 4.78 is 10.7. The maximum atomic E-state index is 12.2. The van der Waals surface area contributed by atoms with Crippen molar-refractivity contribution in [2.24, 2.45) is 0 Å². The second-order valence-corrected chi connectivity index (χ2v) is 5.68. The van der Waals surface area contributed by atoms with Crippen LogP contribution < -0.4 is 10.7 Å². The quantitative estimate of drug-likeness (QED) is 0.889. The molecule has 1 N–H and O–H groups in total. The summed E-state index contributed by atoms with van der Waals surface area (Å²) in [7, 11) is 4.01. The zero-order valence-corrected chi connectivity index (χ0v) is 12.8. The molecular formula is C15H22N2O4. The first-order valence-corrected chi connectivity index (χ1v) is 7.08. The third-order valence-corrected chi connectivity index (χ3v) is 4.06. The number of hydrogen-bond acceptors (Lipinski definition) is 5. The summed E-state index contributed by atoms with van der Waals surface area (Å²) in [6.45, 7) is 3.53. The van der Waals surface area contributed by atoms with Crippen molar-refractivity contribution in [2.45, 2.75) is 25.3 Å². The molecule has 116 valence electrons. The van der Waals surface area contributed by atoms with Gasteiger partial charge < -0.3 is 19.4 Å². The van der Waals surface area contributed by atoms with Gasteiger partial charge in [-0.25, -0.2) is 0 Å². The van der Waals surface area contributed by atoms with Gasteiger partial charge in [0.15, 0.2) is 11.2 Å². The Hall–Kier alpha value is -1.66. The van der Waals surface area contributed by atoms with E-state index in [1.807, 2.05) is 14.1 Å². The Morgan fingerprint density at radius 1 is 1.33 bits per heavy atom. The lowest BCUT2D eigenvalue weighted by Gasteiger charge is -2.42. The molecule has 0 atom stereocenters. The summed E-state index contributed by atoms with van der Waals surface area (Å²) in [6.07, 6.45) is 1.72. The standard InChI is InChI=1S/C15H22N2O4/c1-11-8-12(18)9-13(21-11)14(19)16-10-15(17(2)3)4-6-20-7-5-15/h8-9H,4-7,10H2,1-3H3,(H,16,19). The molecule has 1 saturated heterocycles. The minimum absolute atomic E-state index is 0.0564. The summed E-state index contributed by atoms with van der Waals surface area (Å²) in [6, 6.07) is 2.57. The van der Waals surface area contributed by atoms with Crippen LogP contribution in [0.25, 0.3) is 0 Å². The summed E-state index contributed by atoms with van der Waals surface area (Å²) in [5.74, 6) is 0.130. The third-order valence-electron chi connectivity index (χ3n) is 4.06. The minimum atomic E-state index is -0.358. The van der Waals surface area contributed by atoms with E-state index in [2.05, 4.69) is 10.2 Å². The van der Waals surface area contributed by atoms with Gasteiger partial charge in [-0.1, -0.05) is 0 Å². The van der Waals surface area contributed by atoms with Gasteiger partial charge in [0.05, 0.1) is 0 Å². The number of ether oxygens (including phenoxy) is 1. The first-order valence-electron chi connectivity index (χ1n) is 7.08. The normalized spacial score (nSPS) is 17.7. The molecule has 21 heavy (non-hydrogen) atoms. The van der Waals surface area contributed by atoms with E-state index in [0.717, 1.165) is 12.8 Å². The lowest BCUT2D eigenvalue weighted by Crippen LogP contribution is -2.55. The van der Waals surface area contributed by atoms with Gasteiger partial charge in [-0.15, -0.1) is 0 Å². The molecular weight excluding hydrogens is 272 g/mol. The number of rotatable bonds is 4. The van der Waals surface area contributed by atoms with Crippen molar-refractivity contribution in [3.63, 3.8) is 0 Å². The molecule has 0 bridgehead atoms. The van der Waals surface area contributed by atoms with Gasteiger partial charge in [-0.3, -0.25) is 9.59 Å². The Labute approximate surface area is 124 Å². The average molecular weight is 294 g/mol. The van der Waals surface area contributed by atoms with E-state index in [0.29, 0.717) is 25.5 Å². The smallest absolute Gasteiger partial charge is 0.287 e. The van der Waals surface area contributed by atoms with Crippen molar-refractivity contribution >= 4 is 5.91 Å². The zero-order chi connectivity index (χ0) is 15.5. The van der Waals surface area contributed by atoms with Crippen molar-refractivity contribution < 1.29 is 13.9 Å². The van der Waals surface area contributed by atoms with E-state index < -0.39 is 0 Å². The molecule has 1 aromatic heterocycles. The highest BCUT2D eigenvalue weighted by atomic mass is 16.5. The van der Waals surface area contributed by atoms with Crippen LogP contribution in [0.2, 0.25) is 0 Å². The van der Waals surface area contributed by atoms with Crippen molar-refractivity contribution in [3.8, 4) is 0 Å². The van der Waals surface area contributed by atoms with E-state index in [-0.39, 0.29) is 22.6 Å². The van der Waals surface area contributed by atoms with Crippen LogP contribution >= 0.6 is 0 Å². The van der Waals surface area contributed by atoms with Gasteiger partial charge in [0, 0.05) is 37.4 Å². The summed E-state index contributed by atoms with van der Waals surface area (Å²) in [4.78, 5) is 25.7. The number of carbonyl (C=O) groups is 1. The van der Waals surface area contributed by atoms with E-state index in [4.69, 9.17) is 9.15 Å². The summed E-state index contributed by atoms with van der Waals surface area (Å²) in [5.41, 5.74) is -0.338. The van der Waals surface area contributed by atoms with E-state index in [1.165, 1.54) is 12.1 Å². The van der Waals surface area contributed by atoms with E-state index in [1.54, 1.807) is 6.92 Å². The molecule has 0 unspecified atom stereocenters. The minimum Gasteiger partial charge on any atom is -0.456 e. The molecule has 1 aliphatic rings. The summed E-state index contributed by atoms with van der Waals surface area (Å²) in [5, 5.41) is 2.88. The highest BCUT2D eigenvalue weighted by Crippen LogP contribution is 2.25. The van der Waals surface area contributed by atoms with Gasteiger partial charge in [0.25, 0.3) is 5.91 Å². The van der Waals surface area contributed by atoms with Gasteiger partial charge in [0.1, 0.15) is 5.76 Å². The Kier molecular flexibility index (Phi) is 4.80. The first kappa shape index (κ1) is 15.7. The monoisotopic (exact) mass is 294 g/mol. The van der Waals surface area contributed by atoms with Gasteiger partial charge in [0.2, 0.25) is 0 Å². The largest absolute Gasteiger partial charge is 0.456 e. The number of amides is 1. The van der Waals surface area contributed by atoms with E-state index >= 15 is 0 Å². The van der Waals surface area contributed by atoms with Crippen LogP contribution in [0, 0.1) is 6.92 Å². The fraction of sp³-hybridized carbons (Fsp3) is 0.600. The van der Waals surface area contributed by atoms with Gasteiger partial charge >= 0.3 is 0 Å². The fourth-order valence-corrected chi connectivity index (χ4v) is 2.58. The molecule has 1 fully saturated rings. The predicted octanol–water partition coefficient (Wildman–Crippen LogP) is 0.789. The van der Waals surface area contributed by atoms with Crippen molar-refractivity contribution in [2.75, 3.05) is 33.9 Å². The van der Waals surface area contributed by atoms with Crippen LogP contribution in [-0.2, 0) is 4.74 Å². The van der Waals surface area contributed by atoms with Gasteiger partial charge in [-0.05, 0) is 33.9 Å². The Morgan fingerprint density at radius 3 is 2.57 bits per heavy atom. The molecule has 0 aliphatic carbocycles. The van der Waals surface area contributed by atoms with Crippen LogP contribution in [-0.4, -0.2) is 50.2 Å². The van der Waals surface area contributed by atoms with Crippen LogP contribution in [0.4, 0.5) is 0 Å². The molecule has 0 aromatic carbocycles. The number of likely N-dealkylation sites (N-methyl/N-ethyl adjacent to an activating group) is 1. The van der Waals surface area contributed by atoms with Crippen molar-refractivity contribution in [3.05, 3.63) is 33.9 Å². The lowest BCUT2D eigenvalue weighted by atomic mass is 9.88. The molecule has 6 heteroatoms. The molecule has 1 aliphatic heterocycles. The average Bonchev–Trinajstić information content (AvgIpc) is 2.44. The molecule has 2 heterocycles. The highest BCUT2D eigenvalue weighted by molar-refractivity contribution is 5.91. The summed E-state index contributed by atoms with van der Waals surface area (Å²) >= 11 is 0. The topological polar surface area (TPSA) is 71.8 Å². The molecule has 0 saturated carbocycles. The Morgan fingerprint density at radius 2 is 2.00 bits per heavy atom. The third kappa shape index (κ3) is 3.71. The zero-order valence-electron chi connectivity index (χ0n) is 12.8. The number of hydrogen-bond donors (Lipinski definition) is 1. The molecule has 0 radical (unpaired) electrons. The maximum Gasteiger partial charge on any atom is 0.287 e. The maximum absolute atomic E-state index is 12.2. The van der Waals surface area contributed by atoms with Crippen LogP contribution in [0.5, 0.6) is 0 Å². The van der Waals surface area contributed by atoms with E-state index in [9.17, 15) is 9.59 Å². The van der Waals surface area contributed by atoms with Crippen LogP contribution in [0.3, 0.4) is 0 Å². The second-order valence-electron chi connectivity index (χ2n) is 5.68.